The van der Waals surface area contributed by atoms with Gasteiger partial charge in [-0.1, -0.05) is 18.2 Å². The van der Waals surface area contributed by atoms with Gasteiger partial charge in [0.05, 0.1) is 0 Å². The Morgan fingerprint density at radius 3 is 2.61 bits per heavy atom. The molecular formula is C15H20N2O. The summed E-state index contributed by atoms with van der Waals surface area (Å²) in [5, 5.41) is 3.24. The number of carbonyl (C=O) groups is 1. The molecule has 1 amide bonds. The second kappa shape index (κ2) is 5.83. The molecular weight excluding hydrogens is 224 g/mol. The highest BCUT2D eigenvalue weighted by Gasteiger charge is 2.12. The van der Waals surface area contributed by atoms with Crippen LogP contribution in [0.25, 0.3) is 6.08 Å². The van der Waals surface area contributed by atoms with E-state index >= 15 is 0 Å². The molecule has 1 aliphatic heterocycles. The summed E-state index contributed by atoms with van der Waals surface area (Å²) in [7, 11) is 0. The molecule has 0 saturated carbocycles. The van der Waals surface area contributed by atoms with Crippen LogP contribution in [0, 0.1) is 13.8 Å². The highest BCUT2D eigenvalue weighted by atomic mass is 16.2. The summed E-state index contributed by atoms with van der Waals surface area (Å²) in [6, 6.07) is 6.24. The van der Waals surface area contributed by atoms with E-state index in [2.05, 4.69) is 31.3 Å². The number of hydrogen-bond donors (Lipinski definition) is 1. The summed E-state index contributed by atoms with van der Waals surface area (Å²) < 4.78 is 0. The molecule has 0 atom stereocenters. The van der Waals surface area contributed by atoms with Crippen molar-refractivity contribution in [1.29, 1.82) is 0 Å². The fourth-order valence-electron chi connectivity index (χ4n) is 2.03. The average molecular weight is 244 g/mol. The van der Waals surface area contributed by atoms with Crippen LogP contribution in [0.5, 0.6) is 0 Å². The van der Waals surface area contributed by atoms with E-state index in [-0.39, 0.29) is 5.91 Å². The number of piperazine rings is 1. The molecule has 1 N–H and O–H groups in total. The van der Waals surface area contributed by atoms with Crippen LogP contribution >= 0.6 is 0 Å². The number of carbonyl (C=O) groups excluding carboxylic acids is 1. The average Bonchev–Trinajstić information content (AvgIpc) is 2.41. The van der Waals surface area contributed by atoms with E-state index in [1.54, 1.807) is 6.08 Å². The number of rotatable bonds is 2. The number of nitrogens with zero attached hydrogens (tertiary/aromatic N) is 1. The van der Waals surface area contributed by atoms with E-state index in [0.717, 1.165) is 31.7 Å². The first kappa shape index (κ1) is 12.8. The molecule has 0 radical (unpaired) electrons. The van der Waals surface area contributed by atoms with Crippen LogP contribution in [-0.2, 0) is 4.79 Å². The Kier molecular flexibility index (Phi) is 4.15. The summed E-state index contributed by atoms with van der Waals surface area (Å²) in [6.45, 7) is 7.57. The van der Waals surface area contributed by atoms with Crippen molar-refractivity contribution in [3.8, 4) is 0 Å². The van der Waals surface area contributed by atoms with Crippen molar-refractivity contribution in [2.75, 3.05) is 26.2 Å². The lowest BCUT2D eigenvalue weighted by atomic mass is 10.1. The lowest BCUT2D eigenvalue weighted by Crippen LogP contribution is -2.45. The van der Waals surface area contributed by atoms with Gasteiger partial charge in [0.15, 0.2) is 0 Å². The van der Waals surface area contributed by atoms with Crippen molar-refractivity contribution < 1.29 is 4.79 Å². The predicted octanol–water partition coefficient (Wildman–Crippen LogP) is 1.75. The highest BCUT2D eigenvalue weighted by molar-refractivity contribution is 5.91. The smallest absolute Gasteiger partial charge is 0.246 e. The van der Waals surface area contributed by atoms with E-state index in [4.69, 9.17) is 0 Å². The summed E-state index contributed by atoms with van der Waals surface area (Å²) in [5.41, 5.74) is 3.62. The number of nitrogens with one attached hydrogen (secondary N) is 1. The molecule has 0 spiro atoms. The number of amides is 1. The van der Waals surface area contributed by atoms with E-state index in [9.17, 15) is 4.79 Å². The molecule has 1 saturated heterocycles. The minimum Gasteiger partial charge on any atom is -0.337 e. The molecule has 0 bridgehead atoms. The Bertz CT molecular complexity index is 460. The summed E-state index contributed by atoms with van der Waals surface area (Å²) >= 11 is 0. The van der Waals surface area contributed by atoms with Gasteiger partial charge in [-0.25, -0.2) is 0 Å². The maximum Gasteiger partial charge on any atom is 0.246 e. The minimum absolute atomic E-state index is 0.106. The van der Waals surface area contributed by atoms with Crippen molar-refractivity contribution in [2.45, 2.75) is 13.8 Å². The van der Waals surface area contributed by atoms with Crippen LogP contribution in [0.15, 0.2) is 24.3 Å². The first-order valence-corrected chi connectivity index (χ1v) is 6.42. The fourth-order valence-corrected chi connectivity index (χ4v) is 2.03. The summed E-state index contributed by atoms with van der Waals surface area (Å²) in [6.07, 6.45) is 3.58. The molecule has 0 unspecified atom stereocenters. The molecule has 1 fully saturated rings. The molecule has 0 aliphatic carbocycles. The van der Waals surface area contributed by atoms with Crippen molar-refractivity contribution in [2.24, 2.45) is 0 Å². The van der Waals surface area contributed by atoms with Gasteiger partial charge in [0, 0.05) is 32.3 Å². The summed E-state index contributed by atoms with van der Waals surface area (Å²) in [5.74, 6) is 0.106. The molecule has 2 rings (SSSR count). The largest absolute Gasteiger partial charge is 0.337 e. The van der Waals surface area contributed by atoms with E-state index in [1.165, 1.54) is 11.1 Å². The topological polar surface area (TPSA) is 32.3 Å². The Balaban J connectivity index is 2.01. The molecule has 1 heterocycles. The van der Waals surface area contributed by atoms with Crippen molar-refractivity contribution in [3.63, 3.8) is 0 Å². The van der Waals surface area contributed by atoms with Gasteiger partial charge in [-0.15, -0.1) is 0 Å². The van der Waals surface area contributed by atoms with Crippen LogP contribution in [0.4, 0.5) is 0 Å². The van der Waals surface area contributed by atoms with Gasteiger partial charge in [0.2, 0.25) is 5.91 Å². The quantitative estimate of drug-likeness (QED) is 0.804. The molecule has 3 heteroatoms. The second-order valence-corrected chi connectivity index (χ2v) is 4.75. The highest BCUT2D eigenvalue weighted by Crippen LogP contribution is 2.11. The number of benzene rings is 1. The van der Waals surface area contributed by atoms with E-state index in [1.807, 2.05) is 17.0 Å². The third kappa shape index (κ3) is 3.20. The molecule has 1 aromatic carbocycles. The third-order valence-corrected chi connectivity index (χ3v) is 3.38. The third-order valence-electron chi connectivity index (χ3n) is 3.38. The Morgan fingerprint density at radius 2 is 1.94 bits per heavy atom. The van der Waals surface area contributed by atoms with Crippen LogP contribution < -0.4 is 5.32 Å². The zero-order valence-electron chi connectivity index (χ0n) is 11.1. The van der Waals surface area contributed by atoms with Crippen LogP contribution in [0.1, 0.15) is 16.7 Å². The lowest BCUT2D eigenvalue weighted by molar-refractivity contribution is -0.126. The zero-order chi connectivity index (χ0) is 13.0. The lowest BCUT2D eigenvalue weighted by Gasteiger charge is -2.26. The Hall–Kier alpha value is -1.61. The molecule has 1 aliphatic rings. The van der Waals surface area contributed by atoms with Gasteiger partial charge >= 0.3 is 0 Å². The van der Waals surface area contributed by atoms with Gasteiger partial charge in [-0.2, -0.15) is 0 Å². The fraction of sp³-hybridized carbons (Fsp3) is 0.400. The zero-order valence-corrected chi connectivity index (χ0v) is 11.1. The summed E-state index contributed by atoms with van der Waals surface area (Å²) in [4.78, 5) is 13.8. The number of hydrogen-bond acceptors (Lipinski definition) is 2. The van der Waals surface area contributed by atoms with Crippen molar-refractivity contribution in [3.05, 3.63) is 41.0 Å². The SMILES string of the molecule is Cc1ccc(/C=C/C(=O)N2CCNCC2)cc1C. The molecule has 3 nitrogen and oxygen atoms in total. The molecule has 96 valence electrons. The second-order valence-electron chi connectivity index (χ2n) is 4.75. The maximum absolute atomic E-state index is 11.9. The predicted molar refractivity (Wildman–Crippen MR) is 74.4 cm³/mol. The molecule has 18 heavy (non-hydrogen) atoms. The Labute approximate surface area is 108 Å². The van der Waals surface area contributed by atoms with Crippen molar-refractivity contribution in [1.82, 2.24) is 10.2 Å². The molecule has 1 aromatic rings. The van der Waals surface area contributed by atoms with Gasteiger partial charge < -0.3 is 10.2 Å². The van der Waals surface area contributed by atoms with Crippen LogP contribution in [0.3, 0.4) is 0 Å². The first-order chi connectivity index (χ1) is 8.66. The molecule has 0 aromatic heterocycles. The standard InChI is InChI=1S/C15H20N2O/c1-12-3-4-14(11-13(12)2)5-6-15(18)17-9-7-16-8-10-17/h3-6,11,16H,7-10H2,1-2H3/b6-5+. The van der Waals surface area contributed by atoms with Crippen LogP contribution in [0.2, 0.25) is 0 Å². The first-order valence-electron chi connectivity index (χ1n) is 6.42. The van der Waals surface area contributed by atoms with E-state index < -0.39 is 0 Å². The van der Waals surface area contributed by atoms with Crippen LogP contribution in [-0.4, -0.2) is 37.0 Å². The minimum atomic E-state index is 0.106. The van der Waals surface area contributed by atoms with Gasteiger partial charge in [-0.05, 0) is 36.6 Å². The monoisotopic (exact) mass is 244 g/mol. The maximum atomic E-state index is 11.9. The van der Waals surface area contributed by atoms with E-state index in [0.29, 0.717) is 0 Å². The van der Waals surface area contributed by atoms with Gasteiger partial charge in [0.1, 0.15) is 0 Å². The number of aryl methyl sites for hydroxylation is 2. The van der Waals surface area contributed by atoms with Gasteiger partial charge in [-0.3, -0.25) is 4.79 Å². The van der Waals surface area contributed by atoms with Crippen molar-refractivity contribution >= 4 is 12.0 Å². The van der Waals surface area contributed by atoms with Gasteiger partial charge in [0.25, 0.3) is 0 Å². The Morgan fingerprint density at radius 1 is 1.22 bits per heavy atom. The normalized spacial score (nSPS) is 16.2.